The van der Waals surface area contributed by atoms with Gasteiger partial charge >= 0.3 is 11.9 Å². The summed E-state index contributed by atoms with van der Waals surface area (Å²) < 4.78 is 15.3. The Labute approximate surface area is 173 Å². The number of benzene rings is 3. The lowest BCUT2D eigenvalue weighted by atomic mass is 10.0. The number of ether oxygens (including phenoxy) is 3. The van der Waals surface area contributed by atoms with Crippen LogP contribution in [0.1, 0.15) is 12.5 Å². The predicted octanol–water partition coefficient (Wildman–Crippen LogP) is 3.50. The largest absolute Gasteiger partial charge is 0.497 e. The molecule has 0 heterocycles. The molecule has 3 aromatic rings. The van der Waals surface area contributed by atoms with Crippen molar-refractivity contribution in [3.8, 4) is 11.5 Å². The number of amides is 1. The third-order valence-corrected chi connectivity index (χ3v) is 4.22. The molecule has 30 heavy (non-hydrogen) atoms. The molecule has 3 aromatic carbocycles. The lowest BCUT2D eigenvalue weighted by Gasteiger charge is -2.08. The molecule has 7 nitrogen and oxygen atoms in total. The first kappa shape index (κ1) is 20.9. The van der Waals surface area contributed by atoms with Gasteiger partial charge in [0.05, 0.1) is 13.5 Å². The number of rotatable bonds is 7. The average Bonchev–Trinajstić information content (AvgIpc) is 2.73. The zero-order valence-corrected chi connectivity index (χ0v) is 16.6. The van der Waals surface area contributed by atoms with Crippen molar-refractivity contribution in [3.63, 3.8) is 0 Å². The fraction of sp³-hybridized carbons (Fsp3) is 0.174. The van der Waals surface area contributed by atoms with Crippen LogP contribution in [0.3, 0.4) is 0 Å². The fourth-order valence-corrected chi connectivity index (χ4v) is 2.84. The van der Waals surface area contributed by atoms with Gasteiger partial charge in [0.2, 0.25) is 5.91 Å². The zero-order chi connectivity index (χ0) is 21.5. The minimum atomic E-state index is -0.693. The van der Waals surface area contributed by atoms with Gasteiger partial charge in [-0.2, -0.15) is 0 Å². The summed E-state index contributed by atoms with van der Waals surface area (Å²) in [7, 11) is 1.61. The molecule has 0 unspecified atom stereocenters. The Morgan fingerprint density at radius 1 is 0.833 bits per heavy atom. The molecular formula is C23H21NO6. The van der Waals surface area contributed by atoms with Gasteiger partial charge in [0.15, 0.2) is 6.61 Å². The number of carbonyl (C=O) groups is 3. The van der Waals surface area contributed by atoms with E-state index in [-0.39, 0.29) is 18.1 Å². The van der Waals surface area contributed by atoms with Crippen molar-refractivity contribution < 1.29 is 28.6 Å². The van der Waals surface area contributed by atoms with Crippen LogP contribution >= 0.6 is 0 Å². The van der Waals surface area contributed by atoms with Gasteiger partial charge in [0.25, 0.3) is 0 Å². The highest BCUT2D eigenvalue weighted by molar-refractivity contribution is 5.89. The smallest absolute Gasteiger partial charge is 0.349 e. The number of anilines is 1. The summed E-state index contributed by atoms with van der Waals surface area (Å²) in [6, 6.07) is 17.6. The molecule has 7 heteroatoms. The molecule has 0 atom stereocenters. The van der Waals surface area contributed by atoms with E-state index in [2.05, 4.69) is 5.32 Å². The maximum Gasteiger partial charge on any atom is 0.349 e. The minimum absolute atomic E-state index is 0.0423. The standard InChI is InChI=1S/C23H21NO6/c1-15(25)24-19-6-9-20(10-7-19)30-23(27)14-29-22(26)12-16-3-4-18-13-21(28-2)8-5-17(18)11-16/h3-11,13H,12,14H2,1-2H3,(H,24,25). The molecule has 1 N–H and O–H groups in total. The summed E-state index contributed by atoms with van der Waals surface area (Å²) in [6.45, 7) is 0.911. The molecule has 3 rings (SSSR count). The number of fused-ring (bicyclic) bond motifs is 1. The zero-order valence-electron chi connectivity index (χ0n) is 16.6. The maximum atomic E-state index is 12.1. The Balaban J connectivity index is 1.49. The molecule has 154 valence electrons. The monoisotopic (exact) mass is 407 g/mol. The number of hydrogen-bond donors (Lipinski definition) is 1. The molecule has 0 aliphatic carbocycles. The van der Waals surface area contributed by atoms with Crippen molar-refractivity contribution in [2.75, 3.05) is 19.0 Å². The van der Waals surface area contributed by atoms with Gasteiger partial charge in [-0.1, -0.05) is 24.3 Å². The molecule has 0 aromatic heterocycles. The molecule has 0 aliphatic rings. The Hall–Kier alpha value is -3.87. The number of hydrogen-bond acceptors (Lipinski definition) is 6. The summed E-state index contributed by atoms with van der Waals surface area (Å²) in [6.07, 6.45) is 0.0423. The fourth-order valence-electron chi connectivity index (χ4n) is 2.84. The topological polar surface area (TPSA) is 90.9 Å². The third-order valence-electron chi connectivity index (χ3n) is 4.22. The van der Waals surface area contributed by atoms with E-state index in [1.165, 1.54) is 19.1 Å². The molecule has 0 fully saturated rings. The van der Waals surface area contributed by atoms with Gasteiger partial charge in [-0.25, -0.2) is 4.79 Å². The Kier molecular flexibility index (Phi) is 6.64. The predicted molar refractivity (Wildman–Crippen MR) is 112 cm³/mol. The summed E-state index contributed by atoms with van der Waals surface area (Å²) in [5.74, 6) is -0.368. The molecule has 0 radical (unpaired) electrons. The molecular weight excluding hydrogens is 386 g/mol. The van der Waals surface area contributed by atoms with Gasteiger partial charge in [-0.05, 0) is 52.7 Å². The third kappa shape index (κ3) is 5.81. The van der Waals surface area contributed by atoms with Crippen LogP contribution in [-0.2, 0) is 25.5 Å². The summed E-state index contributed by atoms with van der Waals surface area (Å²) in [4.78, 5) is 34.9. The Morgan fingerprint density at radius 3 is 2.20 bits per heavy atom. The second kappa shape index (κ2) is 9.56. The van der Waals surface area contributed by atoms with Crippen LogP contribution < -0.4 is 14.8 Å². The van der Waals surface area contributed by atoms with Crippen LogP contribution in [0.15, 0.2) is 60.7 Å². The summed E-state index contributed by atoms with van der Waals surface area (Å²) in [5.41, 5.74) is 1.36. The molecule has 0 saturated heterocycles. The number of methoxy groups -OCH3 is 1. The average molecular weight is 407 g/mol. The minimum Gasteiger partial charge on any atom is -0.497 e. The molecule has 0 spiro atoms. The first-order valence-electron chi connectivity index (χ1n) is 9.23. The quantitative estimate of drug-likeness (QED) is 0.476. The van der Waals surface area contributed by atoms with E-state index in [1.54, 1.807) is 19.2 Å². The lowest BCUT2D eigenvalue weighted by Crippen LogP contribution is -2.19. The maximum absolute atomic E-state index is 12.1. The van der Waals surface area contributed by atoms with Crippen molar-refractivity contribution in [3.05, 3.63) is 66.2 Å². The van der Waals surface area contributed by atoms with E-state index in [4.69, 9.17) is 14.2 Å². The Morgan fingerprint density at radius 2 is 1.50 bits per heavy atom. The number of carbonyl (C=O) groups excluding carboxylic acids is 3. The van der Waals surface area contributed by atoms with E-state index >= 15 is 0 Å². The highest BCUT2D eigenvalue weighted by atomic mass is 16.6. The van der Waals surface area contributed by atoms with E-state index in [1.807, 2.05) is 36.4 Å². The van der Waals surface area contributed by atoms with E-state index < -0.39 is 18.5 Å². The lowest BCUT2D eigenvalue weighted by molar-refractivity contribution is -0.153. The second-order valence-corrected chi connectivity index (χ2v) is 6.56. The van der Waals surface area contributed by atoms with Crippen molar-refractivity contribution in [2.24, 2.45) is 0 Å². The van der Waals surface area contributed by atoms with E-state index in [0.717, 1.165) is 22.1 Å². The highest BCUT2D eigenvalue weighted by Gasteiger charge is 2.11. The second-order valence-electron chi connectivity index (χ2n) is 6.56. The molecule has 0 bridgehead atoms. The SMILES string of the molecule is COc1ccc2cc(CC(=O)OCC(=O)Oc3ccc(NC(C)=O)cc3)ccc2c1. The first-order chi connectivity index (χ1) is 14.4. The van der Waals surface area contributed by atoms with Crippen molar-refractivity contribution in [2.45, 2.75) is 13.3 Å². The van der Waals surface area contributed by atoms with Gasteiger partial charge in [0.1, 0.15) is 11.5 Å². The number of nitrogens with one attached hydrogen (secondary N) is 1. The van der Waals surface area contributed by atoms with Crippen LogP contribution in [0, 0.1) is 0 Å². The van der Waals surface area contributed by atoms with E-state index in [0.29, 0.717) is 5.69 Å². The van der Waals surface area contributed by atoms with Crippen LogP contribution in [0.2, 0.25) is 0 Å². The summed E-state index contributed by atoms with van der Waals surface area (Å²) >= 11 is 0. The van der Waals surface area contributed by atoms with Crippen LogP contribution in [0.25, 0.3) is 10.8 Å². The van der Waals surface area contributed by atoms with Crippen LogP contribution in [0.4, 0.5) is 5.69 Å². The molecule has 0 aliphatic heterocycles. The van der Waals surface area contributed by atoms with Crippen molar-refractivity contribution in [1.29, 1.82) is 0 Å². The van der Waals surface area contributed by atoms with Crippen LogP contribution in [-0.4, -0.2) is 31.6 Å². The Bertz CT molecular complexity index is 1070. The van der Waals surface area contributed by atoms with Gasteiger partial charge in [-0.15, -0.1) is 0 Å². The van der Waals surface area contributed by atoms with Gasteiger partial charge < -0.3 is 19.5 Å². The van der Waals surface area contributed by atoms with Crippen molar-refractivity contribution in [1.82, 2.24) is 0 Å². The van der Waals surface area contributed by atoms with Crippen LogP contribution in [0.5, 0.6) is 11.5 Å². The number of esters is 2. The van der Waals surface area contributed by atoms with Gasteiger partial charge in [-0.3, -0.25) is 9.59 Å². The first-order valence-corrected chi connectivity index (χ1v) is 9.23. The van der Waals surface area contributed by atoms with E-state index in [9.17, 15) is 14.4 Å². The molecule has 1 amide bonds. The molecule has 0 saturated carbocycles. The normalized spacial score (nSPS) is 10.3. The van der Waals surface area contributed by atoms with Gasteiger partial charge in [0, 0.05) is 12.6 Å². The summed E-state index contributed by atoms with van der Waals surface area (Å²) in [5, 5.41) is 4.59. The van der Waals surface area contributed by atoms with Crippen molar-refractivity contribution >= 4 is 34.3 Å². The highest BCUT2D eigenvalue weighted by Crippen LogP contribution is 2.22.